The van der Waals surface area contributed by atoms with E-state index in [0.717, 1.165) is 5.56 Å². The number of aromatic hydroxyl groups is 1. The third-order valence-corrected chi connectivity index (χ3v) is 2.31. The molecule has 14 heavy (non-hydrogen) atoms. The molecule has 0 aliphatic carbocycles. The number of aliphatic hydroxyl groups excluding tert-OH is 1. The summed E-state index contributed by atoms with van der Waals surface area (Å²) < 4.78 is 0. The van der Waals surface area contributed by atoms with Crippen molar-refractivity contribution >= 4 is 0 Å². The van der Waals surface area contributed by atoms with Crippen molar-refractivity contribution in [2.45, 2.75) is 25.8 Å². The van der Waals surface area contributed by atoms with Crippen LogP contribution in [0.3, 0.4) is 0 Å². The van der Waals surface area contributed by atoms with Gasteiger partial charge in [-0.2, -0.15) is 0 Å². The largest absolute Gasteiger partial charge is 0.508 e. The Morgan fingerprint density at radius 3 is 2.50 bits per heavy atom. The molecule has 78 valence electrons. The van der Waals surface area contributed by atoms with Crippen molar-refractivity contribution in [3.8, 4) is 5.75 Å². The van der Waals surface area contributed by atoms with Crippen LogP contribution in [0.15, 0.2) is 18.2 Å². The van der Waals surface area contributed by atoms with Crippen molar-refractivity contribution in [1.29, 1.82) is 0 Å². The van der Waals surface area contributed by atoms with Crippen LogP contribution in [0.1, 0.15) is 36.9 Å². The van der Waals surface area contributed by atoms with E-state index in [1.807, 2.05) is 12.1 Å². The standard InChI is InChI=1S/C11H17NO2/c1-7(2)8-3-4-11(14)9(5-8)10(12)6-13/h3-5,7,10,13-14H,6,12H2,1-2H3/t10-/m0/s1. The molecule has 0 radical (unpaired) electrons. The Kier molecular flexibility index (Phi) is 3.49. The number of phenols is 1. The molecule has 0 amide bonds. The highest BCUT2D eigenvalue weighted by atomic mass is 16.3. The molecule has 0 aliphatic rings. The molecule has 1 aromatic rings. The summed E-state index contributed by atoms with van der Waals surface area (Å²) in [6.45, 7) is 3.98. The molecule has 1 rings (SSSR count). The average molecular weight is 195 g/mol. The van der Waals surface area contributed by atoms with Crippen LogP contribution in [0.5, 0.6) is 5.75 Å². The fourth-order valence-electron chi connectivity index (χ4n) is 1.33. The van der Waals surface area contributed by atoms with Crippen molar-refractivity contribution in [2.24, 2.45) is 5.73 Å². The second-order valence-corrected chi connectivity index (χ2v) is 3.76. The topological polar surface area (TPSA) is 66.5 Å². The molecule has 3 nitrogen and oxygen atoms in total. The maximum Gasteiger partial charge on any atom is 0.120 e. The van der Waals surface area contributed by atoms with Gasteiger partial charge in [0.15, 0.2) is 0 Å². The Labute approximate surface area is 84.2 Å². The second-order valence-electron chi connectivity index (χ2n) is 3.76. The molecule has 0 spiro atoms. The quantitative estimate of drug-likeness (QED) is 0.684. The molecule has 0 saturated heterocycles. The number of hydrogen-bond donors (Lipinski definition) is 3. The van der Waals surface area contributed by atoms with Crippen molar-refractivity contribution in [3.05, 3.63) is 29.3 Å². The van der Waals surface area contributed by atoms with Gasteiger partial charge in [0, 0.05) is 5.56 Å². The Hall–Kier alpha value is -1.06. The minimum absolute atomic E-state index is 0.149. The first-order valence-corrected chi connectivity index (χ1v) is 4.75. The average Bonchev–Trinajstić information content (AvgIpc) is 2.17. The van der Waals surface area contributed by atoms with Gasteiger partial charge in [-0.1, -0.05) is 26.0 Å². The monoisotopic (exact) mass is 195 g/mol. The van der Waals surface area contributed by atoms with E-state index in [9.17, 15) is 5.11 Å². The molecule has 0 heterocycles. The van der Waals surface area contributed by atoms with Gasteiger partial charge in [0.2, 0.25) is 0 Å². The first-order valence-electron chi connectivity index (χ1n) is 4.75. The highest BCUT2D eigenvalue weighted by molar-refractivity contribution is 5.39. The number of hydrogen-bond acceptors (Lipinski definition) is 3. The van der Waals surface area contributed by atoms with Gasteiger partial charge in [0.1, 0.15) is 5.75 Å². The summed E-state index contributed by atoms with van der Waals surface area (Å²) in [6.07, 6.45) is 0. The van der Waals surface area contributed by atoms with Crippen LogP contribution < -0.4 is 5.73 Å². The number of rotatable bonds is 3. The zero-order valence-electron chi connectivity index (χ0n) is 8.57. The summed E-state index contributed by atoms with van der Waals surface area (Å²) in [5, 5.41) is 18.4. The molecule has 4 N–H and O–H groups in total. The Morgan fingerprint density at radius 1 is 1.36 bits per heavy atom. The molecule has 0 bridgehead atoms. The third kappa shape index (κ3) is 2.25. The smallest absolute Gasteiger partial charge is 0.120 e. The van der Waals surface area contributed by atoms with Crippen LogP contribution in [-0.4, -0.2) is 16.8 Å². The van der Waals surface area contributed by atoms with Gasteiger partial charge in [0.25, 0.3) is 0 Å². The molecular weight excluding hydrogens is 178 g/mol. The summed E-state index contributed by atoms with van der Waals surface area (Å²) in [7, 11) is 0. The molecular formula is C11H17NO2. The zero-order valence-corrected chi connectivity index (χ0v) is 8.57. The fraction of sp³-hybridized carbons (Fsp3) is 0.455. The van der Waals surface area contributed by atoms with Crippen molar-refractivity contribution in [3.63, 3.8) is 0 Å². The van der Waals surface area contributed by atoms with E-state index in [1.54, 1.807) is 6.07 Å². The molecule has 0 saturated carbocycles. The summed E-state index contributed by atoms with van der Waals surface area (Å²) in [4.78, 5) is 0. The molecule has 0 fully saturated rings. The summed E-state index contributed by atoms with van der Waals surface area (Å²) in [6, 6.07) is 4.84. The van der Waals surface area contributed by atoms with Crippen LogP contribution in [0.4, 0.5) is 0 Å². The molecule has 1 atom stereocenters. The molecule has 0 aromatic heterocycles. The summed E-state index contributed by atoms with van der Waals surface area (Å²) in [5.74, 6) is 0.538. The number of benzene rings is 1. The zero-order chi connectivity index (χ0) is 10.7. The lowest BCUT2D eigenvalue weighted by atomic mass is 9.97. The number of phenolic OH excluding ortho intramolecular Hbond substituents is 1. The molecule has 3 heteroatoms. The Morgan fingerprint density at radius 2 is 2.00 bits per heavy atom. The summed E-state index contributed by atoms with van der Waals surface area (Å²) >= 11 is 0. The third-order valence-electron chi connectivity index (χ3n) is 2.31. The number of aliphatic hydroxyl groups is 1. The van der Waals surface area contributed by atoms with Crippen molar-refractivity contribution in [2.75, 3.05) is 6.61 Å². The molecule has 0 aliphatic heterocycles. The van der Waals surface area contributed by atoms with E-state index in [4.69, 9.17) is 10.8 Å². The van der Waals surface area contributed by atoms with Gasteiger partial charge in [-0.05, 0) is 17.5 Å². The van der Waals surface area contributed by atoms with Crippen molar-refractivity contribution < 1.29 is 10.2 Å². The SMILES string of the molecule is CC(C)c1ccc(O)c([C@@H](N)CO)c1. The minimum atomic E-state index is -0.506. The van der Waals surface area contributed by atoms with Crippen LogP contribution in [-0.2, 0) is 0 Å². The van der Waals surface area contributed by atoms with E-state index in [0.29, 0.717) is 11.5 Å². The van der Waals surface area contributed by atoms with Crippen LogP contribution >= 0.6 is 0 Å². The van der Waals surface area contributed by atoms with Gasteiger partial charge in [-0.25, -0.2) is 0 Å². The maximum atomic E-state index is 9.53. The second kappa shape index (κ2) is 4.44. The first-order chi connectivity index (χ1) is 6.56. The van der Waals surface area contributed by atoms with Gasteiger partial charge >= 0.3 is 0 Å². The van der Waals surface area contributed by atoms with E-state index in [1.165, 1.54) is 0 Å². The van der Waals surface area contributed by atoms with Gasteiger partial charge < -0.3 is 15.9 Å². The predicted octanol–water partition coefficient (Wildman–Crippen LogP) is 1.51. The van der Waals surface area contributed by atoms with E-state index in [2.05, 4.69) is 13.8 Å². The highest BCUT2D eigenvalue weighted by Crippen LogP contribution is 2.26. The van der Waals surface area contributed by atoms with Gasteiger partial charge in [-0.3, -0.25) is 0 Å². The lowest BCUT2D eigenvalue weighted by Crippen LogP contribution is -2.14. The lowest BCUT2D eigenvalue weighted by Gasteiger charge is -2.14. The van der Waals surface area contributed by atoms with E-state index < -0.39 is 6.04 Å². The maximum absolute atomic E-state index is 9.53. The van der Waals surface area contributed by atoms with E-state index >= 15 is 0 Å². The fourth-order valence-corrected chi connectivity index (χ4v) is 1.33. The van der Waals surface area contributed by atoms with Gasteiger partial charge in [-0.15, -0.1) is 0 Å². The predicted molar refractivity (Wildman–Crippen MR) is 56.2 cm³/mol. The molecule has 0 unspecified atom stereocenters. The first kappa shape index (κ1) is 11.0. The number of nitrogens with two attached hydrogens (primary N) is 1. The van der Waals surface area contributed by atoms with Crippen LogP contribution in [0.2, 0.25) is 0 Å². The normalized spacial score (nSPS) is 13.2. The van der Waals surface area contributed by atoms with Crippen molar-refractivity contribution in [1.82, 2.24) is 0 Å². The van der Waals surface area contributed by atoms with E-state index in [-0.39, 0.29) is 12.4 Å². The lowest BCUT2D eigenvalue weighted by molar-refractivity contribution is 0.265. The molecule has 1 aromatic carbocycles. The minimum Gasteiger partial charge on any atom is -0.508 e. The van der Waals surface area contributed by atoms with Gasteiger partial charge in [0.05, 0.1) is 12.6 Å². The highest BCUT2D eigenvalue weighted by Gasteiger charge is 2.11. The summed E-state index contributed by atoms with van der Waals surface area (Å²) in [5.41, 5.74) is 7.38. The van der Waals surface area contributed by atoms with Crippen LogP contribution in [0.25, 0.3) is 0 Å². The Balaban J connectivity index is 3.08. The van der Waals surface area contributed by atoms with Crippen LogP contribution in [0, 0.1) is 0 Å². The Bertz CT molecular complexity index is 310.